The van der Waals surface area contributed by atoms with Gasteiger partial charge in [0.15, 0.2) is 0 Å². The molecule has 0 aliphatic rings. The lowest BCUT2D eigenvalue weighted by atomic mass is 9.85. The third-order valence-electron chi connectivity index (χ3n) is 3.60. The third-order valence-corrected chi connectivity index (χ3v) is 4.09. The number of furan rings is 1. The number of benzene rings is 2. The van der Waals surface area contributed by atoms with Crippen LogP contribution in [0.4, 0.5) is 5.69 Å². The zero-order valence-corrected chi connectivity index (χ0v) is 13.5. The van der Waals surface area contributed by atoms with E-state index in [9.17, 15) is 5.02 Å². The standard InChI is InChI=1S/C16H15BBrNO2/c1-17(20)19(2)14-7-4-11(5-8-14)15-9-12-3-6-13(18)10-16(12)21-15/h3-10,20H,1-2H3. The molecule has 1 N–H and O–H groups in total. The average Bonchev–Trinajstić information content (AvgIpc) is 2.89. The highest BCUT2D eigenvalue weighted by atomic mass is 79.9. The van der Waals surface area contributed by atoms with Crippen molar-refractivity contribution in [1.29, 1.82) is 0 Å². The molecule has 0 unspecified atom stereocenters. The van der Waals surface area contributed by atoms with E-state index in [-0.39, 0.29) is 0 Å². The molecule has 0 fully saturated rings. The van der Waals surface area contributed by atoms with E-state index in [1.165, 1.54) is 0 Å². The average molecular weight is 344 g/mol. The Morgan fingerprint density at radius 2 is 1.81 bits per heavy atom. The van der Waals surface area contributed by atoms with Crippen molar-refractivity contribution in [1.82, 2.24) is 0 Å². The van der Waals surface area contributed by atoms with E-state index < -0.39 is 7.05 Å². The summed E-state index contributed by atoms with van der Waals surface area (Å²) in [5, 5.41) is 10.7. The summed E-state index contributed by atoms with van der Waals surface area (Å²) in [6.45, 7) is 1.74. The summed E-state index contributed by atoms with van der Waals surface area (Å²) in [4.78, 5) is 1.81. The van der Waals surface area contributed by atoms with Gasteiger partial charge in [-0.2, -0.15) is 0 Å². The van der Waals surface area contributed by atoms with Crippen LogP contribution in [0.5, 0.6) is 0 Å². The SMILES string of the molecule is CB(O)N(C)c1ccc(-c2cc3ccc(Br)cc3o2)cc1. The van der Waals surface area contributed by atoms with Gasteiger partial charge in [-0.1, -0.05) is 15.9 Å². The first-order valence-corrected chi connectivity index (χ1v) is 7.54. The van der Waals surface area contributed by atoms with Crippen molar-refractivity contribution >= 4 is 39.6 Å². The molecule has 0 bridgehead atoms. The summed E-state index contributed by atoms with van der Waals surface area (Å²) in [6.07, 6.45) is 0. The first kappa shape index (κ1) is 14.2. The van der Waals surface area contributed by atoms with Crippen molar-refractivity contribution in [2.45, 2.75) is 6.82 Å². The van der Waals surface area contributed by atoms with E-state index in [1.807, 2.05) is 55.6 Å². The molecule has 5 heteroatoms. The Labute approximate surface area is 132 Å². The van der Waals surface area contributed by atoms with Gasteiger partial charge in [0.1, 0.15) is 11.3 Å². The monoisotopic (exact) mass is 343 g/mol. The molecule has 3 rings (SSSR count). The van der Waals surface area contributed by atoms with Gasteiger partial charge in [-0.3, -0.25) is 0 Å². The molecule has 1 heterocycles. The predicted molar refractivity (Wildman–Crippen MR) is 91.6 cm³/mol. The van der Waals surface area contributed by atoms with Crippen LogP contribution < -0.4 is 4.81 Å². The highest BCUT2D eigenvalue weighted by Gasteiger charge is 2.12. The highest BCUT2D eigenvalue weighted by molar-refractivity contribution is 9.10. The van der Waals surface area contributed by atoms with Crippen LogP contribution in [0.3, 0.4) is 0 Å². The van der Waals surface area contributed by atoms with Crippen LogP contribution >= 0.6 is 15.9 Å². The van der Waals surface area contributed by atoms with E-state index in [0.717, 1.165) is 32.5 Å². The Hall–Kier alpha value is -1.72. The second-order valence-corrected chi connectivity index (χ2v) is 6.00. The van der Waals surface area contributed by atoms with Crippen LogP contribution in [-0.4, -0.2) is 19.1 Å². The van der Waals surface area contributed by atoms with Gasteiger partial charge in [0.2, 0.25) is 0 Å². The van der Waals surface area contributed by atoms with Crippen LogP contribution in [0.1, 0.15) is 0 Å². The second-order valence-electron chi connectivity index (χ2n) is 5.08. The lowest BCUT2D eigenvalue weighted by Crippen LogP contribution is -2.32. The van der Waals surface area contributed by atoms with Crippen LogP contribution in [-0.2, 0) is 0 Å². The number of halogens is 1. The number of hydrogen-bond acceptors (Lipinski definition) is 3. The topological polar surface area (TPSA) is 36.6 Å². The van der Waals surface area contributed by atoms with Crippen molar-refractivity contribution in [3.8, 4) is 11.3 Å². The number of anilines is 1. The van der Waals surface area contributed by atoms with Crippen LogP contribution in [0.2, 0.25) is 6.82 Å². The van der Waals surface area contributed by atoms with Crippen LogP contribution in [0, 0.1) is 0 Å². The van der Waals surface area contributed by atoms with E-state index >= 15 is 0 Å². The minimum atomic E-state index is -0.514. The van der Waals surface area contributed by atoms with E-state index in [4.69, 9.17) is 4.42 Å². The summed E-state index contributed by atoms with van der Waals surface area (Å²) in [5.74, 6) is 0.842. The molecule has 0 atom stereocenters. The summed E-state index contributed by atoms with van der Waals surface area (Å²) in [6, 6.07) is 16.0. The van der Waals surface area contributed by atoms with Gasteiger partial charge in [0.05, 0.1) is 0 Å². The maximum atomic E-state index is 9.58. The molecule has 1 aromatic heterocycles. The molecular weight excluding hydrogens is 329 g/mol. The van der Waals surface area contributed by atoms with Crippen molar-refractivity contribution in [3.05, 3.63) is 53.0 Å². The fraction of sp³-hybridized carbons (Fsp3) is 0.125. The minimum Gasteiger partial charge on any atom is -0.456 e. The molecule has 2 aromatic carbocycles. The first-order chi connectivity index (χ1) is 10.0. The molecule has 21 heavy (non-hydrogen) atoms. The van der Waals surface area contributed by atoms with Crippen LogP contribution in [0.25, 0.3) is 22.3 Å². The summed E-state index contributed by atoms with van der Waals surface area (Å²) < 4.78 is 6.89. The summed E-state index contributed by atoms with van der Waals surface area (Å²) in [7, 11) is 1.35. The van der Waals surface area contributed by atoms with Crippen molar-refractivity contribution in [2.24, 2.45) is 0 Å². The second kappa shape index (κ2) is 5.58. The predicted octanol–water partition coefficient (Wildman–Crippen LogP) is 4.41. The smallest absolute Gasteiger partial charge is 0.409 e. The molecule has 0 radical (unpaired) electrons. The number of hydrogen-bond donors (Lipinski definition) is 1. The Kier molecular flexibility index (Phi) is 3.78. The lowest BCUT2D eigenvalue weighted by molar-refractivity contribution is 0.575. The number of fused-ring (bicyclic) bond motifs is 1. The van der Waals surface area contributed by atoms with Gasteiger partial charge in [-0.15, -0.1) is 0 Å². The molecule has 0 aliphatic carbocycles. The van der Waals surface area contributed by atoms with E-state index in [0.29, 0.717) is 0 Å². The molecule has 0 saturated heterocycles. The molecular formula is C16H15BBrNO2. The number of rotatable bonds is 3. The van der Waals surface area contributed by atoms with Gasteiger partial charge in [-0.25, -0.2) is 0 Å². The van der Waals surface area contributed by atoms with Gasteiger partial charge in [0, 0.05) is 21.1 Å². The molecule has 0 amide bonds. The number of nitrogens with zero attached hydrogens (tertiary/aromatic N) is 1. The molecule has 3 nitrogen and oxygen atoms in total. The Morgan fingerprint density at radius 1 is 1.10 bits per heavy atom. The minimum absolute atomic E-state index is 0.514. The fourth-order valence-electron chi connectivity index (χ4n) is 2.22. The van der Waals surface area contributed by atoms with Gasteiger partial charge in [0.25, 0.3) is 0 Å². The Balaban J connectivity index is 1.95. The van der Waals surface area contributed by atoms with E-state index in [1.54, 1.807) is 11.6 Å². The van der Waals surface area contributed by atoms with Gasteiger partial charge in [-0.05, 0) is 62.4 Å². The lowest BCUT2D eigenvalue weighted by Gasteiger charge is -2.19. The van der Waals surface area contributed by atoms with Crippen LogP contribution in [0.15, 0.2) is 57.4 Å². The highest BCUT2D eigenvalue weighted by Crippen LogP contribution is 2.30. The molecule has 106 valence electrons. The van der Waals surface area contributed by atoms with Gasteiger partial charge < -0.3 is 14.3 Å². The fourth-order valence-corrected chi connectivity index (χ4v) is 2.56. The van der Waals surface area contributed by atoms with Crippen molar-refractivity contribution < 1.29 is 9.44 Å². The largest absolute Gasteiger partial charge is 0.456 e. The Morgan fingerprint density at radius 3 is 2.48 bits per heavy atom. The van der Waals surface area contributed by atoms with Crippen molar-refractivity contribution in [3.63, 3.8) is 0 Å². The van der Waals surface area contributed by atoms with E-state index in [2.05, 4.69) is 15.9 Å². The summed E-state index contributed by atoms with van der Waals surface area (Å²) in [5.41, 5.74) is 2.85. The van der Waals surface area contributed by atoms with Gasteiger partial charge >= 0.3 is 7.05 Å². The Bertz CT molecular complexity index is 768. The molecule has 0 spiro atoms. The normalized spacial score (nSPS) is 10.9. The summed E-state index contributed by atoms with van der Waals surface area (Å²) >= 11 is 3.45. The molecule has 0 aliphatic heterocycles. The molecule has 3 aromatic rings. The van der Waals surface area contributed by atoms with Crippen molar-refractivity contribution in [2.75, 3.05) is 11.9 Å². The maximum absolute atomic E-state index is 9.58. The maximum Gasteiger partial charge on any atom is 0.409 e. The zero-order chi connectivity index (χ0) is 15.0. The molecule has 0 saturated carbocycles. The third kappa shape index (κ3) is 2.85. The quantitative estimate of drug-likeness (QED) is 0.715. The first-order valence-electron chi connectivity index (χ1n) is 6.75. The zero-order valence-electron chi connectivity index (χ0n) is 11.9.